The Hall–Kier alpha value is -1.16. The van der Waals surface area contributed by atoms with Gasteiger partial charge in [-0.15, -0.1) is 0 Å². The average Bonchev–Trinajstić information content (AvgIpc) is 2.33. The van der Waals surface area contributed by atoms with Crippen molar-refractivity contribution in [3.8, 4) is 0 Å². The molecule has 5 heteroatoms. The molecule has 0 bridgehead atoms. The lowest BCUT2D eigenvalue weighted by Crippen LogP contribution is -2.15. The summed E-state index contributed by atoms with van der Waals surface area (Å²) in [6.07, 6.45) is 0.279. The summed E-state index contributed by atoms with van der Waals surface area (Å²) < 4.78 is 26.5. The maximum Gasteiger partial charge on any atom is 0.130 e. The van der Waals surface area contributed by atoms with Crippen molar-refractivity contribution >= 4 is 23.2 Å². The fraction of sp³-hybridized carbons (Fsp3) is 0.143. The van der Waals surface area contributed by atoms with Crippen LogP contribution in [0.2, 0.25) is 10.0 Å². The maximum absolute atomic E-state index is 13.6. The van der Waals surface area contributed by atoms with E-state index in [9.17, 15) is 8.78 Å². The molecule has 0 aliphatic heterocycles. The summed E-state index contributed by atoms with van der Waals surface area (Å²) in [6, 6.07) is 7.78. The molecule has 2 aromatic rings. The average molecular weight is 302 g/mol. The molecule has 0 radical (unpaired) electrons. The van der Waals surface area contributed by atoms with E-state index in [1.54, 1.807) is 18.2 Å². The third kappa shape index (κ3) is 3.24. The van der Waals surface area contributed by atoms with Crippen molar-refractivity contribution in [2.24, 2.45) is 5.73 Å². The standard InChI is InChI=1S/C14H11Cl2F2N/c15-11-2-1-3-12(16)10(11)7-14(19)9-5-4-8(17)6-13(9)18/h1-6,14H,7,19H2. The van der Waals surface area contributed by atoms with Gasteiger partial charge in [-0.3, -0.25) is 0 Å². The van der Waals surface area contributed by atoms with Gasteiger partial charge in [0.15, 0.2) is 0 Å². The monoisotopic (exact) mass is 301 g/mol. The van der Waals surface area contributed by atoms with Gasteiger partial charge >= 0.3 is 0 Å². The molecule has 2 aromatic carbocycles. The van der Waals surface area contributed by atoms with Crippen molar-refractivity contribution in [2.75, 3.05) is 0 Å². The van der Waals surface area contributed by atoms with Crippen LogP contribution in [-0.4, -0.2) is 0 Å². The first kappa shape index (κ1) is 14.3. The van der Waals surface area contributed by atoms with Gasteiger partial charge in [0.1, 0.15) is 11.6 Å². The predicted octanol–water partition coefficient (Wildman–Crippen LogP) is 4.51. The van der Waals surface area contributed by atoms with E-state index in [1.807, 2.05) is 0 Å². The van der Waals surface area contributed by atoms with Gasteiger partial charge < -0.3 is 5.73 Å². The minimum Gasteiger partial charge on any atom is -0.324 e. The first-order valence-corrected chi connectivity index (χ1v) is 6.38. The van der Waals surface area contributed by atoms with Crippen molar-refractivity contribution in [1.82, 2.24) is 0 Å². The summed E-state index contributed by atoms with van der Waals surface area (Å²) >= 11 is 12.1. The fourth-order valence-corrected chi connectivity index (χ4v) is 2.41. The second-order valence-electron chi connectivity index (χ2n) is 4.18. The molecule has 0 saturated carbocycles. The van der Waals surface area contributed by atoms with Gasteiger partial charge in [-0.25, -0.2) is 8.78 Å². The molecule has 19 heavy (non-hydrogen) atoms. The van der Waals surface area contributed by atoms with E-state index in [0.29, 0.717) is 15.6 Å². The minimum absolute atomic E-state index is 0.234. The largest absolute Gasteiger partial charge is 0.324 e. The van der Waals surface area contributed by atoms with Crippen LogP contribution >= 0.6 is 23.2 Å². The van der Waals surface area contributed by atoms with Gasteiger partial charge in [-0.1, -0.05) is 35.3 Å². The van der Waals surface area contributed by atoms with E-state index in [4.69, 9.17) is 28.9 Å². The first-order valence-electron chi connectivity index (χ1n) is 5.62. The highest BCUT2D eigenvalue weighted by atomic mass is 35.5. The molecule has 0 aliphatic carbocycles. The molecular weight excluding hydrogens is 291 g/mol. The minimum atomic E-state index is -0.671. The molecule has 0 aromatic heterocycles. The summed E-state index contributed by atoms with van der Waals surface area (Å²) in [5.41, 5.74) is 6.82. The topological polar surface area (TPSA) is 26.0 Å². The Morgan fingerprint density at radius 1 is 1.05 bits per heavy atom. The summed E-state index contributed by atoms with van der Waals surface area (Å²) in [7, 11) is 0. The summed E-state index contributed by atoms with van der Waals surface area (Å²) in [5.74, 6) is -1.31. The highest BCUT2D eigenvalue weighted by Gasteiger charge is 2.16. The van der Waals surface area contributed by atoms with Crippen LogP contribution in [0, 0.1) is 11.6 Å². The van der Waals surface area contributed by atoms with E-state index in [1.165, 1.54) is 12.1 Å². The molecule has 1 atom stereocenters. The Labute approximate surface area is 119 Å². The fourth-order valence-electron chi connectivity index (χ4n) is 1.86. The number of nitrogens with two attached hydrogens (primary N) is 1. The molecule has 0 spiro atoms. The van der Waals surface area contributed by atoms with E-state index in [0.717, 1.165) is 6.07 Å². The van der Waals surface area contributed by atoms with Crippen LogP contribution in [0.1, 0.15) is 17.2 Å². The van der Waals surface area contributed by atoms with Crippen molar-refractivity contribution in [1.29, 1.82) is 0 Å². The number of benzene rings is 2. The van der Waals surface area contributed by atoms with Crippen molar-refractivity contribution in [2.45, 2.75) is 12.5 Å². The van der Waals surface area contributed by atoms with Crippen LogP contribution in [0.5, 0.6) is 0 Å². The summed E-state index contributed by atoms with van der Waals surface area (Å²) in [5, 5.41) is 0.955. The van der Waals surface area contributed by atoms with E-state index in [2.05, 4.69) is 0 Å². The maximum atomic E-state index is 13.6. The highest BCUT2D eigenvalue weighted by molar-refractivity contribution is 6.36. The van der Waals surface area contributed by atoms with Gasteiger partial charge in [-0.05, 0) is 30.2 Å². The van der Waals surface area contributed by atoms with Gasteiger partial charge in [0.05, 0.1) is 0 Å². The second-order valence-corrected chi connectivity index (χ2v) is 4.99. The van der Waals surface area contributed by atoms with Gasteiger partial charge in [-0.2, -0.15) is 0 Å². The van der Waals surface area contributed by atoms with Crippen LogP contribution in [-0.2, 0) is 6.42 Å². The van der Waals surface area contributed by atoms with E-state index in [-0.39, 0.29) is 12.0 Å². The normalized spacial score (nSPS) is 12.5. The quantitative estimate of drug-likeness (QED) is 0.886. The lowest BCUT2D eigenvalue weighted by molar-refractivity contribution is 0.554. The molecule has 100 valence electrons. The van der Waals surface area contributed by atoms with Crippen molar-refractivity contribution < 1.29 is 8.78 Å². The van der Waals surface area contributed by atoms with E-state index < -0.39 is 17.7 Å². The lowest BCUT2D eigenvalue weighted by atomic mass is 9.99. The van der Waals surface area contributed by atoms with Crippen LogP contribution in [0.25, 0.3) is 0 Å². The predicted molar refractivity (Wildman–Crippen MR) is 73.5 cm³/mol. The molecule has 0 aliphatic rings. The van der Waals surface area contributed by atoms with Crippen LogP contribution < -0.4 is 5.73 Å². The molecule has 0 fully saturated rings. The lowest BCUT2D eigenvalue weighted by Gasteiger charge is -2.15. The first-order chi connectivity index (χ1) is 8.99. The van der Waals surface area contributed by atoms with Crippen molar-refractivity contribution in [3.63, 3.8) is 0 Å². The number of rotatable bonds is 3. The Kier molecular flexibility index (Phi) is 4.40. The molecule has 0 heterocycles. The zero-order chi connectivity index (χ0) is 14.0. The second kappa shape index (κ2) is 5.87. The SMILES string of the molecule is NC(Cc1c(Cl)cccc1Cl)c1ccc(F)cc1F. The Balaban J connectivity index is 2.28. The van der Waals surface area contributed by atoms with Crippen LogP contribution in [0.3, 0.4) is 0 Å². The molecule has 1 nitrogen and oxygen atoms in total. The molecule has 2 rings (SSSR count). The summed E-state index contributed by atoms with van der Waals surface area (Å²) in [6.45, 7) is 0. The van der Waals surface area contributed by atoms with Gasteiger partial charge in [0.25, 0.3) is 0 Å². The molecule has 0 amide bonds. The molecule has 0 saturated heterocycles. The third-order valence-corrected chi connectivity index (χ3v) is 3.56. The van der Waals surface area contributed by atoms with Crippen molar-refractivity contribution in [3.05, 3.63) is 69.2 Å². The number of hydrogen-bond acceptors (Lipinski definition) is 1. The number of hydrogen-bond donors (Lipinski definition) is 1. The van der Waals surface area contributed by atoms with Crippen LogP contribution in [0.15, 0.2) is 36.4 Å². The Morgan fingerprint density at radius 3 is 2.26 bits per heavy atom. The molecule has 2 N–H and O–H groups in total. The Bertz CT molecular complexity index is 582. The van der Waals surface area contributed by atoms with Gasteiger partial charge in [0.2, 0.25) is 0 Å². The molecular formula is C14H11Cl2F2N. The van der Waals surface area contributed by atoms with Crippen LogP contribution in [0.4, 0.5) is 8.78 Å². The number of halogens is 4. The molecule has 1 unspecified atom stereocenters. The summed E-state index contributed by atoms with van der Waals surface area (Å²) in [4.78, 5) is 0. The zero-order valence-corrected chi connectivity index (χ0v) is 11.3. The zero-order valence-electron chi connectivity index (χ0n) is 9.84. The Morgan fingerprint density at radius 2 is 1.68 bits per heavy atom. The van der Waals surface area contributed by atoms with E-state index >= 15 is 0 Å². The third-order valence-electron chi connectivity index (χ3n) is 2.85. The highest BCUT2D eigenvalue weighted by Crippen LogP contribution is 2.29. The van der Waals surface area contributed by atoms with Gasteiger partial charge in [0, 0.05) is 27.7 Å². The smallest absolute Gasteiger partial charge is 0.130 e.